The zero-order chi connectivity index (χ0) is 28.0. The lowest BCUT2D eigenvalue weighted by Gasteiger charge is -2.49. The standard InChI is InChI=1S/C39H68N2/c1-30-6-20-37(21-7-30)41(38-22-8-31(2)9-23-38)39-24-14-33(15-25-39)11-10-32-12-16-34(17-13-32)35-18-26-36(27-19-35)40-28-4-3-5-29-40/h10-11,30-39H,3-9,12-29H2,1-2H3/b11-10+. The first kappa shape index (κ1) is 30.7. The largest absolute Gasteiger partial charge is 0.300 e. The maximum Gasteiger partial charge on any atom is 0.0102 e. The fourth-order valence-electron chi connectivity index (χ4n) is 10.9. The molecule has 2 nitrogen and oxygen atoms in total. The van der Waals surface area contributed by atoms with Gasteiger partial charge in [0, 0.05) is 24.2 Å². The molecular formula is C39H68N2. The summed E-state index contributed by atoms with van der Waals surface area (Å²) in [5.41, 5.74) is 0. The molecule has 0 N–H and O–H groups in total. The highest BCUT2D eigenvalue weighted by atomic mass is 15.2. The third-order valence-electron chi connectivity index (χ3n) is 13.8. The number of piperidine rings is 1. The zero-order valence-electron chi connectivity index (χ0n) is 27.5. The summed E-state index contributed by atoms with van der Waals surface area (Å²) in [5.74, 6) is 5.80. The van der Waals surface area contributed by atoms with Crippen molar-refractivity contribution in [2.24, 2.45) is 35.5 Å². The molecule has 0 amide bonds. The quantitative estimate of drug-likeness (QED) is 0.284. The summed E-state index contributed by atoms with van der Waals surface area (Å²) < 4.78 is 0. The number of hydrogen-bond donors (Lipinski definition) is 0. The van der Waals surface area contributed by atoms with E-state index in [-0.39, 0.29) is 0 Å². The molecule has 41 heavy (non-hydrogen) atoms. The first-order valence-corrected chi connectivity index (χ1v) is 19.3. The Kier molecular flexibility index (Phi) is 11.3. The van der Waals surface area contributed by atoms with Gasteiger partial charge in [0.25, 0.3) is 0 Å². The van der Waals surface area contributed by atoms with Gasteiger partial charge in [-0.3, -0.25) is 4.90 Å². The van der Waals surface area contributed by atoms with Gasteiger partial charge in [0.15, 0.2) is 0 Å². The molecule has 0 atom stereocenters. The lowest BCUT2D eigenvalue weighted by molar-refractivity contribution is 0.00813. The topological polar surface area (TPSA) is 6.48 Å². The van der Waals surface area contributed by atoms with Gasteiger partial charge in [-0.2, -0.15) is 0 Å². The molecule has 0 aromatic rings. The molecule has 0 unspecified atom stereocenters. The molecule has 0 spiro atoms. The Hall–Kier alpha value is -0.340. The number of rotatable bonds is 7. The molecule has 0 bridgehead atoms. The van der Waals surface area contributed by atoms with Crippen molar-refractivity contribution in [1.29, 1.82) is 0 Å². The summed E-state index contributed by atoms with van der Waals surface area (Å²) in [7, 11) is 0. The van der Waals surface area contributed by atoms with Crippen molar-refractivity contribution in [3.8, 4) is 0 Å². The molecule has 1 saturated heterocycles. The van der Waals surface area contributed by atoms with Gasteiger partial charge in [0.1, 0.15) is 0 Å². The van der Waals surface area contributed by atoms with Crippen LogP contribution in [0.2, 0.25) is 0 Å². The third kappa shape index (κ3) is 8.23. The van der Waals surface area contributed by atoms with E-state index in [4.69, 9.17) is 0 Å². The Labute approximate surface area is 255 Å². The van der Waals surface area contributed by atoms with Crippen molar-refractivity contribution in [3.63, 3.8) is 0 Å². The fourth-order valence-corrected chi connectivity index (χ4v) is 10.9. The summed E-state index contributed by atoms with van der Waals surface area (Å²) in [6.07, 6.45) is 39.6. The van der Waals surface area contributed by atoms with Gasteiger partial charge in [-0.25, -0.2) is 0 Å². The molecule has 0 aromatic carbocycles. The predicted octanol–water partition coefficient (Wildman–Crippen LogP) is 10.4. The van der Waals surface area contributed by atoms with Crippen molar-refractivity contribution in [3.05, 3.63) is 12.2 Å². The maximum atomic E-state index is 3.17. The average molecular weight is 565 g/mol. The Balaban J connectivity index is 0.926. The van der Waals surface area contributed by atoms with E-state index in [1.54, 1.807) is 0 Å². The highest BCUT2D eigenvalue weighted by Crippen LogP contribution is 2.43. The molecule has 0 radical (unpaired) electrons. The molecule has 0 aromatic heterocycles. The summed E-state index contributed by atoms with van der Waals surface area (Å²) in [6.45, 7) is 7.78. The van der Waals surface area contributed by atoms with Crippen LogP contribution in [-0.2, 0) is 0 Å². The number of nitrogens with zero attached hydrogens (tertiary/aromatic N) is 2. The second kappa shape index (κ2) is 15.1. The first-order chi connectivity index (χ1) is 20.1. The Morgan fingerprint density at radius 1 is 0.439 bits per heavy atom. The Morgan fingerprint density at radius 3 is 1.29 bits per heavy atom. The average Bonchev–Trinajstić information content (AvgIpc) is 3.03. The SMILES string of the molecule is CC1CCC(N(C2CCC(C)CC2)C2CCC(/C=C/C3CCC(C4CCC(N5CCCCC5)CC4)CC3)CC2)CC1. The van der Waals surface area contributed by atoms with Gasteiger partial charge >= 0.3 is 0 Å². The normalized spacial score (nSPS) is 43.9. The molecule has 5 aliphatic carbocycles. The lowest BCUT2D eigenvalue weighted by atomic mass is 9.70. The van der Waals surface area contributed by atoms with E-state index in [0.29, 0.717) is 0 Å². The number of allylic oxidation sites excluding steroid dienone is 2. The van der Waals surface area contributed by atoms with Crippen LogP contribution in [0.25, 0.3) is 0 Å². The van der Waals surface area contributed by atoms with Crippen LogP contribution in [-0.4, -0.2) is 47.1 Å². The monoisotopic (exact) mass is 565 g/mol. The molecule has 6 fully saturated rings. The summed E-state index contributed by atoms with van der Waals surface area (Å²) in [6, 6.07) is 3.62. The van der Waals surface area contributed by atoms with E-state index in [2.05, 4.69) is 35.8 Å². The molecular weight excluding hydrogens is 496 g/mol. The molecule has 1 aliphatic heterocycles. The predicted molar refractivity (Wildman–Crippen MR) is 176 cm³/mol. The van der Waals surface area contributed by atoms with E-state index in [9.17, 15) is 0 Å². The van der Waals surface area contributed by atoms with Gasteiger partial charge < -0.3 is 4.90 Å². The van der Waals surface area contributed by atoms with Crippen LogP contribution in [0.1, 0.15) is 162 Å². The van der Waals surface area contributed by atoms with E-state index >= 15 is 0 Å². The number of likely N-dealkylation sites (tertiary alicyclic amines) is 1. The third-order valence-corrected chi connectivity index (χ3v) is 13.8. The molecule has 6 aliphatic rings. The van der Waals surface area contributed by atoms with Crippen LogP contribution in [0.3, 0.4) is 0 Å². The maximum absolute atomic E-state index is 3.17. The zero-order valence-corrected chi connectivity index (χ0v) is 27.5. The van der Waals surface area contributed by atoms with Gasteiger partial charge in [0.2, 0.25) is 0 Å². The second-order valence-electron chi connectivity index (χ2n) is 16.6. The highest BCUT2D eigenvalue weighted by molar-refractivity contribution is 4.99. The van der Waals surface area contributed by atoms with Crippen molar-refractivity contribution in [2.75, 3.05) is 13.1 Å². The molecule has 1 heterocycles. The Bertz CT molecular complexity index is 737. The minimum Gasteiger partial charge on any atom is -0.300 e. The van der Waals surface area contributed by atoms with Crippen molar-refractivity contribution in [2.45, 2.75) is 186 Å². The van der Waals surface area contributed by atoms with E-state index in [0.717, 1.165) is 59.7 Å². The van der Waals surface area contributed by atoms with Crippen LogP contribution in [0.5, 0.6) is 0 Å². The minimum absolute atomic E-state index is 0.869. The fraction of sp³-hybridized carbons (Fsp3) is 0.949. The smallest absolute Gasteiger partial charge is 0.0102 e. The molecule has 5 saturated carbocycles. The van der Waals surface area contributed by atoms with Crippen LogP contribution >= 0.6 is 0 Å². The van der Waals surface area contributed by atoms with Gasteiger partial charge in [-0.15, -0.1) is 0 Å². The van der Waals surface area contributed by atoms with Crippen molar-refractivity contribution < 1.29 is 0 Å². The van der Waals surface area contributed by atoms with E-state index < -0.39 is 0 Å². The van der Waals surface area contributed by atoms with Crippen LogP contribution < -0.4 is 0 Å². The molecule has 234 valence electrons. The summed E-state index contributed by atoms with van der Waals surface area (Å²) >= 11 is 0. The summed E-state index contributed by atoms with van der Waals surface area (Å²) in [4.78, 5) is 6.03. The van der Waals surface area contributed by atoms with Crippen LogP contribution in [0.4, 0.5) is 0 Å². The van der Waals surface area contributed by atoms with Gasteiger partial charge in [0.05, 0.1) is 0 Å². The summed E-state index contributed by atoms with van der Waals surface area (Å²) in [5, 5.41) is 0. The van der Waals surface area contributed by atoms with Crippen molar-refractivity contribution in [1.82, 2.24) is 9.80 Å². The lowest BCUT2D eigenvalue weighted by Crippen LogP contribution is -2.52. The van der Waals surface area contributed by atoms with Gasteiger partial charge in [-0.1, -0.05) is 32.4 Å². The van der Waals surface area contributed by atoms with E-state index in [1.165, 1.54) is 161 Å². The van der Waals surface area contributed by atoms with Crippen LogP contribution in [0.15, 0.2) is 12.2 Å². The highest BCUT2D eigenvalue weighted by Gasteiger charge is 2.37. The van der Waals surface area contributed by atoms with E-state index in [1.807, 2.05) is 0 Å². The Morgan fingerprint density at radius 2 is 0.829 bits per heavy atom. The first-order valence-electron chi connectivity index (χ1n) is 19.3. The minimum atomic E-state index is 0.869. The molecule has 6 rings (SSSR count). The second-order valence-corrected chi connectivity index (χ2v) is 16.6. The molecule has 2 heteroatoms. The number of hydrogen-bond acceptors (Lipinski definition) is 2. The van der Waals surface area contributed by atoms with Crippen molar-refractivity contribution >= 4 is 0 Å². The van der Waals surface area contributed by atoms with Gasteiger partial charge in [-0.05, 0) is 190 Å². The van der Waals surface area contributed by atoms with Crippen LogP contribution in [0, 0.1) is 35.5 Å².